The van der Waals surface area contributed by atoms with Crippen LogP contribution in [0.1, 0.15) is 31.2 Å². The summed E-state index contributed by atoms with van der Waals surface area (Å²) in [5.74, 6) is 2.16. The fourth-order valence-corrected chi connectivity index (χ4v) is 5.16. The summed E-state index contributed by atoms with van der Waals surface area (Å²) in [6.45, 7) is 1.76. The summed E-state index contributed by atoms with van der Waals surface area (Å²) in [6, 6.07) is 8.51. The third-order valence-electron chi connectivity index (χ3n) is 7.06. The maximum Gasteiger partial charge on any atom is 0.243 e. The van der Waals surface area contributed by atoms with Crippen molar-refractivity contribution in [2.24, 2.45) is 16.3 Å². The number of hydrogen-bond donors (Lipinski definition) is 2. The average molecular weight is 542 g/mol. The van der Waals surface area contributed by atoms with E-state index >= 15 is 0 Å². The van der Waals surface area contributed by atoms with Gasteiger partial charge in [0.2, 0.25) is 5.91 Å². The normalized spacial score (nSPS) is 25.5. The predicted molar refractivity (Wildman–Crippen MR) is 132 cm³/mol. The molecule has 8 heteroatoms. The van der Waals surface area contributed by atoms with Crippen LogP contribution in [-0.2, 0) is 16.0 Å². The van der Waals surface area contributed by atoms with Gasteiger partial charge in [-0.3, -0.25) is 4.79 Å². The van der Waals surface area contributed by atoms with Crippen molar-refractivity contribution in [1.29, 1.82) is 0 Å². The Morgan fingerprint density at radius 1 is 1.29 bits per heavy atom. The summed E-state index contributed by atoms with van der Waals surface area (Å²) in [7, 11) is 5.20. The first-order chi connectivity index (χ1) is 14.5. The Bertz CT molecular complexity index is 780. The number of fused-ring (bicyclic) bond motifs is 2. The molecule has 1 spiro atoms. The van der Waals surface area contributed by atoms with E-state index in [4.69, 9.17) is 9.47 Å². The topological polar surface area (TPSA) is 75.2 Å². The zero-order valence-corrected chi connectivity index (χ0v) is 21.1. The lowest BCUT2D eigenvalue weighted by atomic mass is 9.46. The largest absolute Gasteiger partial charge is 0.497 e. The van der Waals surface area contributed by atoms with E-state index in [0.717, 1.165) is 37.7 Å². The van der Waals surface area contributed by atoms with Crippen molar-refractivity contribution in [3.63, 3.8) is 0 Å². The quantitative estimate of drug-likeness (QED) is 0.315. The lowest BCUT2D eigenvalue weighted by Crippen LogP contribution is -2.72. The van der Waals surface area contributed by atoms with E-state index in [0.29, 0.717) is 18.1 Å². The summed E-state index contributed by atoms with van der Waals surface area (Å²) >= 11 is 0. The number of rotatable bonds is 7. The smallest absolute Gasteiger partial charge is 0.243 e. The number of halogens is 1. The molecule has 0 aromatic heterocycles. The van der Waals surface area contributed by atoms with Gasteiger partial charge in [0.15, 0.2) is 5.96 Å². The van der Waals surface area contributed by atoms with Gasteiger partial charge in [-0.05, 0) is 43.4 Å². The number of ether oxygens (including phenoxy) is 2. The number of amides is 1. The molecule has 172 valence electrons. The van der Waals surface area contributed by atoms with Crippen LogP contribution < -0.4 is 15.4 Å². The molecule has 1 heterocycles. The van der Waals surface area contributed by atoms with Crippen LogP contribution in [0.4, 0.5) is 0 Å². The summed E-state index contributed by atoms with van der Waals surface area (Å²) < 4.78 is 11.3. The van der Waals surface area contributed by atoms with Gasteiger partial charge in [0.05, 0.1) is 13.2 Å². The lowest BCUT2D eigenvalue weighted by Gasteiger charge is -2.63. The minimum atomic E-state index is 0. The van der Waals surface area contributed by atoms with Crippen molar-refractivity contribution in [2.45, 2.75) is 44.2 Å². The van der Waals surface area contributed by atoms with Gasteiger partial charge in [-0.25, -0.2) is 4.99 Å². The van der Waals surface area contributed by atoms with Crippen LogP contribution in [0.3, 0.4) is 0 Å². The number of methoxy groups -OCH3 is 1. The molecule has 7 nitrogen and oxygen atoms in total. The van der Waals surface area contributed by atoms with E-state index in [9.17, 15) is 4.79 Å². The number of guanidine groups is 1. The Hall–Kier alpha value is -1.55. The number of carbonyl (C=O) groups is 1. The van der Waals surface area contributed by atoms with E-state index in [1.54, 1.807) is 26.1 Å². The minimum Gasteiger partial charge on any atom is -0.497 e. The molecule has 1 saturated heterocycles. The Labute approximate surface area is 202 Å². The standard InChI is InChI=1S/C23H34N4O3.HI/c1-27(2)19(28)15-25-22(24-13-9-16-5-7-17(29-3)8-6-16)26-20-18-10-14-30-21(18)23(20)11-4-12-23;/h5-8,18,20-21H,4,9-15H2,1-3H3,(H2,24,25,26);1H. The Balaban J connectivity index is 0.00000272. The van der Waals surface area contributed by atoms with Crippen molar-refractivity contribution < 1.29 is 14.3 Å². The highest BCUT2D eigenvalue weighted by molar-refractivity contribution is 14.0. The van der Waals surface area contributed by atoms with Crippen molar-refractivity contribution in [1.82, 2.24) is 15.5 Å². The molecule has 1 amide bonds. The van der Waals surface area contributed by atoms with Crippen LogP contribution in [-0.4, -0.2) is 69.8 Å². The second-order valence-corrected chi connectivity index (χ2v) is 8.93. The first kappa shape index (κ1) is 24.1. The molecular weight excluding hydrogens is 507 g/mol. The fraction of sp³-hybridized carbons (Fsp3) is 0.652. The number of nitrogens with zero attached hydrogens (tertiary/aromatic N) is 2. The van der Waals surface area contributed by atoms with Crippen LogP contribution in [0.2, 0.25) is 0 Å². The van der Waals surface area contributed by atoms with Crippen LogP contribution in [0, 0.1) is 11.3 Å². The van der Waals surface area contributed by atoms with Crippen LogP contribution in [0.15, 0.2) is 29.3 Å². The van der Waals surface area contributed by atoms with E-state index < -0.39 is 0 Å². The maximum absolute atomic E-state index is 12.1. The van der Waals surface area contributed by atoms with Crippen LogP contribution in [0.5, 0.6) is 5.75 Å². The van der Waals surface area contributed by atoms with Crippen molar-refractivity contribution in [3.8, 4) is 5.75 Å². The van der Waals surface area contributed by atoms with Crippen molar-refractivity contribution in [3.05, 3.63) is 29.8 Å². The lowest BCUT2D eigenvalue weighted by molar-refractivity contribution is -0.171. The third kappa shape index (κ3) is 4.94. The van der Waals surface area contributed by atoms with E-state index in [1.165, 1.54) is 24.8 Å². The Morgan fingerprint density at radius 3 is 2.65 bits per heavy atom. The summed E-state index contributed by atoms with van der Waals surface area (Å²) in [5, 5.41) is 7.14. The van der Waals surface area contributed by atoms with Gasteiger partial charge >= 0.3 is 0 Å². The molecule has 4 rings (SSSR count). The van der Waals surface area contributed by atoms with Crippen molar-refractivity contribution in [2.75, 3.05) is 40.9 Å². The van der Waals surface area contributed by atoms with Gasteiger partial charge in [-0.2, -0.15) is 0 Å². The number of hydrogen-bond acceptors (Lipinski definition) is 4. The van der Waals surface area contributed by atoms with Crippen LogP contribution >= 0.6 is 24.0 Å². The molecule has 3 unspecified atom stereocenters. The molecule has 0 radical (unpaired) electrons. The number of likely N-dealkylation sites (N-methyl/N-ethyl adjacent to an activating group) is 1. The second-order valence-electron chi connectivity index (χ2n) is 8.93. The monoisotopic (exact) mass is 542 g/mol. The SMILES string of the molecule is COc1ccc(CCNC(=NCC(=O)N(C)C)NC2C3CCOC3C23CCC3)cc1.I. The molecule has 2 aliphatic carbocycles. The first-order valence-corrected chi connectivity index (χ1v) is 11.0. The molecule has 3 atom stereocenters. The highest BCUT2D eigenvalue weighted by atomic mass is 127. The molecule has 2 N–H and O–H groups in total. The van der Waals surface area contributed by atoms with E-state index in [-0.39, 0.29) is 41.8 Å². The zero-order valence-electron chi connectivity index (χ0n) is 18.7. The number of carbonyl (C=O) groups excluding carboxylic acids is 1. The van der Waals surface area contributed by atoms with Gasteiger partial charge < -0.3 is 25.0 Å². The molecule has 31 heavy (non-hydrogen) atoms. The van der Waals surface area contributed by atoms with Gasteiger partial charge in [0.25, 0.3) is 0 Å². The number of benzene rings is 1. The molecular formula is C23H35IN4O3. The highest BCUT2D eigenvalue weighted by Gasteiger charge is 2.66. The molecule has 2 saturated carbocycles. The summed E-state index contributed by atoms with van der Waals surface area (Å²) in [6.07, 6.45) is 6.12. The van der Waals surface area contributed by atoms with E-state index in [2.05, 4.69) is 27.8 Å². The Kier molecular flexibility index (Phi) is 8.07. The summed E-state index contributed by atoms with van der Waals surface area (Å²) in [5.41, 5.74) is 1.50. The van der Waals surface area contributed by atoms with Gasteiger partial charge in [0.1, 0.15) is 12.3 Å². The summed E-state index contributed by atoms with van der Waals surface area (Å²) in [4.78, 5) is 18.3. The fourth-order valence-electron chi connectivity index (χ4n) is 5.16. The van der Waals surface area contributed by atoms with Crippen LogP contribution in [0.25, 0.3) is 0 Å². The van der Waals surface area contributed by atoms with Gasteiger partial charge in [0, 0.05) is 44.6 Å². The van der Waals surface area contributed by atoms with Crippen molar-refractivity contribution >= 4 is 35.8 Å². The first-order valence-electron chi connectivity index (χ1n) is 11.0. The van der Waals surface area contributed by atoms with E-state index in [1.807, 2.05) is 12.1 Å². The predicted octanol–water partition coefficient (Wildman–Crippen LogP) is 2.44. The molecule has 3 fully saturated rings. The third-order valence-corrected chi connectivity index (χ3v) is 7.06. The van der Waals surface area contributed by atoms with Gasteiger partial charge in [-0.1, -0.05) is 18.6 Å². The van der Waals surface area contributed by atoms with Gasteiger partial charge in [-0.15, -0.1) is 24.0 Å². The highest BCUT2D eigenvalue weighted by Crippen LogP contribution is 2.62. The zero-order chi connectivity index (χ0) is 21.1. The molecule has 3 aliphatic rings. The maximum atomic E-state index is 12.1. The molecule has 0 bridgehead atoms. The number of aliphatic imine (C=N–C) groups is 1. The minimum absolute atomic E-state index is 0. The number of nitrogens with one attached hydrogen (secondary N) is 2. The Morgan fingerprint density at radius 2 is 2.03 bits per heavy atom. The molecule has 1 aliphatic heterocycles. The molecule has 1 aromatic carbocycles. The molecule has 1 aromatic rings. The second kappa shape index (κ2) is 10.4. The average Bonchev–Trinajstić information content (AvgIpc) is 3.13.